The second kappa shape index (κ2) is 7.56. The van der Waals surface area contributed by atoms with Crippen LogP contribution in [0.2, 0.25) is 0 Å². The first-order chi connectivity index (χ1) is 13.8. The van der Waals surface area contributed by atoms with Crippen LogP contribution in [0.3, 0.4) is 0 Å². The average molecular weight is 398 g/mol. The second-order valence-electron chi connectivity index (χ2n) is 9.85. The second-order valence-corrected chi connectivity index (χ2v) is 9.85. The van der Waals surface area contributed by atoms with Crippen molar-refractivity contribution in [1.82, 2.24) is 15.1 Å². The molecule has 2 fully saturated rings. The van der Waals surface area contributed by atoms with E-state index >= 15 is 0 Å². The molecule has 2 aliphatic rings. The molecule has 0 N–H and O–H groups in total. The van der Waals surface area contributed by atoms with Crippen LogP contribution in [0.5, 0.6) is 0 Å². The summed E-state index contributed by atoms with van der Waals surface area (Å²) < 4.78 is 11.8. The quantitative estimate of drug-likeness (QED) is 0.776. The molecule has 6 nitrogen and oxygen atoms in total. The van der Waals surface area contributed by atoms with E-state index in [-0.39, 0.29) is 22.7 Å². The first-order valence-corrected chi connectivity index (χ1v) is 10.5. The number of rotatable bonds is 3. The molecular weight excluding hydrogens is 366 g/mol. The van der Waals surface area contributed by atoms with Crippen molar-refractivity contribution in [2.75, 3.05) is 26.3 Å². The lowest BCUT2D eigenvalue weighted by molar-refractivity contribution is -0.132. The molecule has 0 aliphatic carbocycles. The van der Waals surface area contributed by atoms with Crippen LogP contribution in [0.4, 0.5) is 0 Å². The molecular formula is C23H31N3O3. The molecule has 0 saturated carbocycles. The van der Waals surface area contributed by atoms with Gasteiger partial charge < -0.3 is 14.1 Å². The Morgan fingerprint density at radius 2 is 1.86 bits per heavy atom. The first-order valence-electron chi connectivity index (χ1n) is 10.5. The van der Waals surface area contributed by atoms with Crippen LogP contribution in [-0.4, -0.2) is 47.3 Å². The predicted octanol–water partition coefficient (Wildman–Crippen LogP) is 4.20. The molecule has 6 heteroatoms. The maximum atomic E-state index is 13.0. The number of hydrogen-bond acceptors (Lipinski definition) is 5. The zero-order chi connectivity index (χ0) is 20.6. The van der Waals surface area contributed by atoms with Crippen LogP contribution >= 0.6 is 0 Å². The lowest BCUT2D eigenvalue weighted by Crippen LogP contribution is -2.38. The first kappa shape index (κ1) is 20.1. The van der Waals surface area contributed by atoms with Crippen molar-refractivity contribution >= 4 is 5.91 Å². The van der Waals surface area contributed by atoms with Crippen LogP contribution < -0.4 is 0 Å². The van der Waals surface area contributed by atoms with Gasteiger partial charge >= 0.3 is 0 Å². The lowest BCUT2D eigenvalue weighted by Gasteiger charge is -2.36. The number of benzene rings is 1. The van der Waals surface area contributed by atoms with Gasteiger partial charge in [0.05, 0.1) is 5.92 Å². The van der Waals surface area contributed by atoms with Crippen LogP contribution in [0, 0.1) is 17.8 Å². The third kappa shape index (κ3) is 4.22. The Balaban J connectivity index is 1.60. The van der Waals surface area contributed by atoms with Crippen LogP contribution in [0.15, 0.2) is 28.7 Å². The largest absolute Gasteiger partial charge is 0.420 e. The molecule has 2 aromatic rings. The van der Waals surface area contributed by atoms with E-state index in [9.17, 15) is 4.79 Å². The molecule has 29 heavy (non-hydrogen) atoms. The van der Waals surface area contributed by atoms with Gasteiger partial charge in [-0.25, -0.2) is 0 Å². The molecule has 156 valence electrons. The number of aromatic nitrogens is 2. The molecule has 2 aliphatic heterocycles. The van der Waals surface area contributed by atoms with Crippen molar-refractivity contribution in [2.45, 2.75) is 52.9 Å². The Morgan fingerprint density at radius 1 is 1.17 bits per heavy atom. The lowest BCUT2D eigenvalue weighted by atomic mass is 9.72. The summed E-state index contributed by atoms with van der Waals surface area (Å²) >= 11 is 0. The maximum absolute atomic E-state index is 13.0. The highest BCUT2D eigenvalue weighted by Gasteiger charge is 2.51. The minimum atomic E-state index is -0.0388. The zero-order valence-corrected chi connectivity index (χ0v) is 17.9. The standard InChI is InChI=1S/C23H31N3O3/c1-16-5-7-17(8-6-16)20-24-25-21(29-20)18-14-26(19(27)13-22(2,3)4)15-23(18)9-11-28-12-10-23/h5-8,18H,9-15H2,1-4H3/t18-/m1/s1. The highest BCUT2D eigenvalue weighted by Crippen LogP contribution is 2.49. The van der Waals surface area contributed by atoms with Gasteiger partial charge in [-0.3, -0.25) is 4.79 Å². The van der Waals surface area contributed by atoms with Crippen molar-refractivity contribution in [2.24, 2.45) is 10.8 Å². The summed E-state index contributed by atoms with van der Waals surface area (Å²) in [6.45, 7) is 11.2. The molecule has 3 heterocycles. The zero-order valence-electron chi connectivity index (χ0n) is 17.9. The Kier molecular flexibility index (Phi) is 5.23. The fourth-order valence-corrected chi connectivity index (χ4v) is 4.54. The van der Waals surface area contributed by atoms with Gasteiger partial charge in [-0.05, 0) is 37.3 Å². The van der Waals surface area contributed by atoms with E-state index in [1.807, 2.05) is 29.2 Å². The Morgan fingerprint density at radius 3 is 2.52 bits per heavy atom. The molecule has 0 radical (unpaired) electrons. The third-order valence-electron chi connectivity index (χ3n) is 6.21. The average Bonchev–Trinajstić information content (AvgIpc) is 3.27. The van der Waals surface area contributed by atoms with Crippen LogP contribution in [-0.2, 0) is 9.53 Å². The molecule has 1 spiro atoms. The van der Waals surface area contributed by atoms with Gasteiger partial charge in [-0.15, -0.1) is 10.2 Å². The Hall–Kier alpha value is -2.21. The maximum Gasteiger partial charge on any atom is 0.247 e. The van der Waals surface area contributed by atoms with E-state index in [4.69, 9.17) is 9.15 Å². The van der Waals surface area contributed by atoms with Gasteiger partial charge in [0.25, 0.3) is 0 Å². The number of nitrogens with zero attached hydrogens (tertiary/aromatic N) is 3. The predicted molar refractivity (Wildman–Crippen MR) is 110 cm³/mol. The Labute approximate surface area is 172 Å². The highest BCUT2D eigenvalue weighted by atomic mass is 16.5. The van der Waals surface area contributed by atoms with Crippen molar-refractivity contribution < 1.29 is 13.9 Å². The van der Waals surface area contributed by atoms with Gasteiger partial charge in [0.2, 0.25) is 17.7 Å². The summed E-state index contributed by atoms with van der Waals surface area (Å²) in [6, 6.07) is 8.10. The monoisotopic (exact) mass is 397 g/mol. The molecule has 1 amide bonds. The topological polar surface area (TPSA) is 68.5 Å². The highest BCUT2D eigenvalue weighted by molar-refractivity contribution is 5.77. The SMILES string of the molecule is Cc1ccc(-c2nnc([C@H]3CN(C(=O)CC(C)(C)C)CC34CCOCC4)o2)cc1. The third-order valence-corrected chi connectivity index (χ3v) is 6.21. The molecule has 1 atom stereocenters. The minimum absolute atomic E-state index is 0.0267. The van der Waals surface area contributed by atoms with Gasteiger partial charge in [0, 0.05) is 43.7 Å². The molecule has 4 rings (SSSR count). The fourth-order valence-electron chi connectivity index (χ4n) is 4.54. The van der Waals surface area contributed by atoms with Gasteiger partial charge in [-0.1, -0.05) is 38.5 Å². The van der Waals surface area contributed by atoms with Gasteiger partial charge in [-0.2, -0.15) is 0 Å². The summed E-state index contributed by atoms with van der Waals surface area (Å²) in [5.41, 5.74) is 2.05. The van der Waals surface area contributed by atoms with E-state index in [1.165, 1.54) is 5.56 Å². The van der Waals surface area contributed by atoms with Crippen molar-refractivity contribution in [3.63, 3.8) is 0 Å². The number of amides is 1. The number of likely N-dealkylation sites (tertiary alicyclic amines) is 1. The molecule has 2 saturated heterocycles. The van der Waals surface area contributed by atoms with Gasteiger partial charge in [0.1, 0.15) is 0 Å². The van der Waals surface area contributed by atoms with Gasteiger partial charge in [0.15, 0.2) is 0 Å². The van der Waals surface area contributed by atoms with Crippen molar-refractivity contribution in [3.05, 3.63) is 35.7 Å². The number of carbonyl (C=O) groups is 1. The number of carbonyl (C=O) groups excluding carboxylic acids is 1. The summed E-state index contributed by atoms with van der Waals surface area (Å²) in [6.07, 6.45) is 2.38. The van der Waals surface area contributed by atoms with E-state index < -0.39 is 0 Å². The van der Waals surface area contributed by atoms with E-state index in [2.05, 4.69) is 37.9 Å². The molecule has 0 bridgehead atoms. The van der Waals surface area contributed by atoms with Crippen molar-refractivity contribution in [1.29, 1.82) is 0 Å². The molecule has 0 unspecified atom stereocenters. The van der Waals surface area contributed by atoms with Crippen molar-refractivity contribution in [3.8, 4) is 11.5 Å². The summed E-state index contributed by atoms with van der Waals surface area (Å²) in [4.78, 5) is 15.0. The smallest absolute Gasteiger partial charge is 0.247 e. The number of ether oxygens (including phenoxy) is 1. The fraction of sp³-hybridized carbons (Fsp3) is 0.609. The van der Waals surface area contributed by atoms with E-state index in [0.29, 0.717) is 24.7 Å². The van der Waals surface area contributed by atoms with E-state index in [0.717, 1.165) is 38.2 Å². The Bertz CT molecular complexity index is 860. The van der Waals surface area contributed by atoms with Crippen LogP contribution in [0.25, 0.3) is 11.5 Å². The molecule has 1 aromatic carbocycles. The van der Waals surface area contributed by atoms with Crippen LogP contribution in [0.1, 0.15) is 57.4 Å². The summed E-state index contributed by atoms with van der Waals surface area (Å²) in [7, 11) is 0. The summed E-state index contributed by atoms with van der Waals surface area (Å²) in [5, 5.41) is 8.74. The molecule has 1 aromatic heterocycles. The normalized spacial score (nSPS) is 21.7. The number of hydrogen-bond donors (Lipinski definition) is 0. The minimum Gasteiger partial charge on any atom is -0.420 e. The summed E-state index contributed by atoms with van der Waals surface area (Å²) in [5.74, 6) is 1.46. The van der Waals surface area contributed by atoms with E-state index in [1.54, 1.807) is 0 Å². The number of aryl methyl sites for hydroxylation is 1.